The van der Waals surface area contributed by atoms with Gasteiger partial charge in [-0.1, -0.05) is 0 Å². The molecule has 0 fully saturated rings. The van der Waals surface area contributed by atoms with Gasteiger partial charge in [0.05, 0.1) is 0 Å². The average Bonchev–Trinajstić information content (AvgIpc) is 2.46. The molecule has 0 aliphatic carbocycles. The van der Waals surface area contributed by atoms with Gasteiger partial charge in [0.15, 0.2) is 0 Å². The Kier molecular flexibility index (Phi) is 4.06. The van der Waals surface area contributed by atoms with Crippen molar-refractivity contribution < 1.29 is 5.11 Å². The Morgan fingerprint density at radius 2 is 2.29 bits per heavy atom. The van der Waals surface area contributed by atoms with Gasteiger partial charge < -0.3 is 10.4 Å². The van der Waals surface area contributed by atoms with Crippen molar-refractivity contribution in [2.75, 3.05) is 6.54 Å². The minimum absolute atomic E-state index is 0.0233. The summed E-state index contributed by atoms with van der Waals surface area (Å²) in [7, 11) is 0. The van der Waals surface area contributed by atoms with Crippen LogP contribution in [-0.2, 0) is 0 Å². The summed E-state index contributed by atoms with van der Waals surface area (Å²) in [5.41, 5.74) is 0.0233. The molecule has 1 aromatic heterocycles. The minimum Gasteiger partial charge on any atom is -0.385 e. The molecule has 80 valence electrons. The van der Waals surface area contributed by atoms with Crippen LogP contribution in [0.3, 0.4) is 0 Å². The number of aromatic nitrogens is 1. The standard InChI is InChI=1S/C9H15BrN2OS/c1-9(2,3)11-4-6(13)8-12-7(10)5-14-8/h5-6,11,13H,4H2,1-3H3. The van der Waals surface area contributed by atoms with Crippen molar-refractivity contribution in [1.82, 2.24) is 10.3 Å². The number of hydrogen-bond donors (Lipinski definition) is 2. The molecule has 0 radical (unpaired) electrons. The van der Waals surface area contributed by atoms with E-state index < -0.39 is 6.10 Å². The van der Waals surface area contributed by atoms with Gasteiger partial charge >= 0.3 is 0 Å². The molecule has 0 spiro atoms. The summed E-state index contributed by atoms with van der Waals surface area (Å²) >= 11 is 4.72. The lowest BCUT2D eigenvalue weighted by Gasteiger charge is -2.22. The number of rotatable bonds is 3. The highest BCUT2D eigenvalue weighted by molar-refractivity contribution is 9.10. The number of aliphatic hydroxyl groups is 1. The zero-order chi connectivity index (χ0) is 10.8. The molecule has 0 aliphatic rings. The lowest BCUT2D eigenvalue weighted by atomic mass is 10.1. The second kappa shape index (κ2) is 4.70. The Morgan fingerprint density at radius 3 is 2.71 bits per heavy atom. The Labute approximate surface area is 96.7 Å². The van der Waals surface area contributed by atoms with E-state index in [2.05, 4.69) is 47.0 Å². The van der Waals surface area contributed by atoms with Gasteiger partial charge in [-0.25, -0.2) is 4.98 Å². The summed E-state index contributed by atoms with van der Waals surface area (Å²) < 4.78 is 0.785. The van der Waals surface area contributed by atoms with Crippen LogP contribution < -0.4 is 5.32 Å². The normalized spacial score (nSPS) is 14.4. The molecule has 0 saturated heterocycles. The van der Waals surface area contributed by atoms with Crippen LogP contribution >= 0.6 is 27.3 Å². The van der Waals surface area contributed by atoms with Gasteiger partial charge in [0.1, 0.15) is 15.7 Å². The number of halogens is 1. The fourth-order valence-electron chi connectivity index (χ4n) is 0.910. The molecule has 1 rings (SSSR count). The second-order valence-electron chi connectivity index (χ2n) is 4.16. The van der Waals surface area contributed by atoms with Crippen molar-refractivity contribution >= 4 is 27.3 Å². The van der Waals surface area contributed by atoms with Crippen LogP contribution in [0.2, 0.25) is 0 Å². The summed E-state index contributed by atoms with van der Waals surface area (Å²) in [5.74, 6) is 0. The smallest absolute Gasteiger partial charge is 0.124 e. The largest absolute Gasteiger partial charge is 0.385 e. The summed E-state index contributed by atoms with van der Waals surface area (Å²) in [6.07, 6.45) is -0.523. The van der Waals surface area contributed by atoms with Crippen molar-refractivity contribution in [2.45, 2.75) is 32.4 Å². The van der Waals surface area contributed by atoms with Crippen molar-refractivity contribution in [3.8, 4) is 0 Å². The van der Waals surface area contributed by atoms with E-state index in [0.717, 1.165) is 9.61 Å². The van der Waals surface area contributed by atoms with Crippen LogP contribution in [0.5, 0.6) is 0 Å². The van der Waals surface area contributed by atoms with E-state index in [-0.39, 0.29) is 5.54 Å². The van der Waals surface area contributed by atoms with Crippen LogP contribution in [0.4, 0.5) is 0 Å². The third-order valence-corrected chi connectivity index (χ3v) is 3.26. The van der Waals surface area contributed by atoms with Gasteiger partial charge in [0, 0.05) is 17.5 Å². The molecule has 1 aromatic rings. The molecule has 0 aromatic carbocycles. The molecule has 0 saturated carbocycles. The fraction of sp³-hybridized carbons (Fsp3) is 0.667. The SMILES string of the molecule is CC(C)(C)NCC(O)c1nc(Br)cs1. The van der Waals surface area contributed by atoms with E-state index in [1.54, 1.807) is 0 Å². The maximum Gasteiger partial charge on any atom is 0.124 e. The molecular formula is C9H15BrN2OS. The Morgan fingerprint density at radius 1 is 1.64 bits per heavy atom. The zero-order valence-electron chi connectivity index (χ0n) is 8.54. The van der Waals surface area contributed by atoms with E-state index in [1.807, 2.05) is 5.38 Å². The van der Waals surface area contributed by atoms with Crippen molar-refractivity contribution in [3.05, 3.63) is 15.0 Å². The highest BCUT2D eigenvalue weighted by atomic mass is 79.9. The van der Waals surface area contributed by atoms with E-state index >= 15 is 0 Å². The maximum atomic E-state index is 9.76. The van der Waals surface area contributed by atoms with Crippen molar-refractivity contribution in [1.29, 1.82) is 0 Å². The molecule has 0 aliphatic heterocycles. The van der Waals surface area contributed by atoms with E-state index in [4.69, 9.17) is 0 Å². The van der Waals surface area contributed by atoms with E-state index in [0.29, 0.717) is 6.54 Å². The molecule has 5 heteroatoms. The van der Waals surface area contributed by atoms with Gasteiger partial charge in [0.2, 0.25) is 0 Å². The third-order valence-electron chi connectivity index (χ3n) is 1.60. The number of nitrogens with zero attached hydrogens (tertiary/aromatic N) is 1. The highest BCUT2D eigenvalue weighted by Gasteiger charge is 2.15. The van der Waals surface area contributed by atoms with Crippen LogP contribution in [-0.4, -0.2) is 22.2 Å². The van der Waals surface area contributed by atoms with E-state index in [9.17, 15) is 5.11 Å². The quantitative estimate of drug-likeness (QED) is 0.892. The molecule has 2 N–H and O–H groups in total. The monoisotopic (exact) mass is 278 g/mol. The van der Waals surface area contributed by atoms with Gasteiger partial charge in [-0.3, -0.25) is 0 Å². The first-order valence-electron chi connectivity index (χ1n) is 4.42. The number of β-amino-alcohol motifs (C(OH)–C–C–N with tert-alkyl or cyclic N) is 1. The van der Waals surface area contributed by atoms with Crippen molar-refractivity contribution in [2.24, 2.45) is 0 Å². The van der Waals surface area contributed by atoms with Crippen LogP contribution in [0.25, 0.3) is 0 Å². The van der Waals surface area contributed by atoms with Crippen LogP contribution in [0.1, 0.15) is 31.9 Å². The summed E-state index contributed by atoms with van der Waals surface area (Å²) in [6, 6.07) is 0. The summed E-state index contributed by atoms with van der Waals surface area (Å²) in [4.78, 5) is 4.16. The van der Waals surface area contributed by atoms with E-state index in [1.165, 1.54) is 11.3 Å². The van der Waals surface area contributed by atoms with Crippen molar-refractivity contribution in [3.63, 3.8) is 0 Å². The average molecular weight is 279 g/mol. The number of aliphatic hydroxyl groups excluding tert-OH is 1. The molecule has 14 heavy (non-hydrogen) atoms. The first-order chi connectivity index (χ1) is 6.38. The topological polar surface area (TPSA) is 45.1 Å². The number of thiazole rings is 1. The molecule has 0 bridgehead atoms. The number of hydrogen-bond acceptors (Lipinski definition) is 4. The second-order valence-corrected chi connectivity index (χ2v) is 5.86. The molecule has 3 nitrogen and oxygen atoms in total. The van der Waals surface area contributed by atoms with Gasteiger partial charge in [0.25, 0.3) is 0 Å². The molecule has 1 atom stereocenters. The molecular weight excluding hydrogens is 264 g/mol. The Hall–Kier alpha value is 0.0300. The van der Waals surface area contributed by atoms with Gasteiger partial charge in [-0.15, -0.1) is 11.3 Å². The molecule has 1 unspecified atom stereocenters. The Balaban J connectivity index is 2.47. The Bertz CT molecular complexity index is 295. The predicted octanol–water partition coefficient (Wildman–Crippen LogP) is 2.33. The summed E-state index contributed by atoms with van der Waals surface area (Å²) in [6.45, 7) is 6.73. The first-order valence-corrected chi connectivity index (χ1v) is 6.10. The lowest BCUT2D eigenvalue weighted by Crippen LogP contribution is -2.38. The van der Waals surface area contributed by atoms with Gasteiger partial charge in [-0.05, 0) is 36.7 Å². The fourth-order valence-corrected chi connectivity index (χ4v) is 2.16. The zero-order valence-corrected chi connectivity index (χ0v) is 10.9. The summed E-state index contributed by atoms with van der Waals surface area (Å²) in [5, 5.41) is 15.6. The minimum atomic E-state index is -0.523. The van der Waals surface area contributed by atoms with Crippen LogP contribution in [0, 0.1) is 0 Å². The molecule has 0 amide bonds. The lowest BCUT2D eigenvalue weighted by molar-refractivity contribution is 0.163. The van der Waals surface area contributed by atoms with Gasteiger partial charge in [-0.2, -0.15) is 0 Å². The third kappa shape index (κ3) is 4.04. The first kappa shape index (κ1) is 12.1. The molecule has 1 heterocycles. The van der Waals surface area contributed by atoms with Crippen LogP contribution in [0.15, 0.2) is 9.98 Å². The highest BCUT2D eigenvalue weighted by Crippen LogP contribution is 2.21. The predicted molar refractivity (Wildman–Crippen MR) is 62.5 cm³/mol. The maximum absolute atomic E-state index is 9.76. The number of nitrogens with one attached hydrogen (secondary N) is 1.